The van der Waals surface area contributed by atoms with E-state index in [1.165, 1.54) is 6.08 Å². The Kier molecular flexibility index (Phi) is 5.89. The number of hydrogen-bond acceptors (Lipinski definition) is 4. The Hall–Kier alpha value is -2.01. The molecule has 0 aliphatic rings. The molecule has 0 saturated heterocycles. The summed E-state index contributed by atoms with van der Waals surface area (Å²) >= 11 is 5.95. The summed E-state index contributed by atoms with van der Waals surface area (Å²) in [5.41, 5.74) is 0.471. The fraction of sp³-hybridized carbons (Fsp3) is 0.231. The quantitative estimate of drug-likeness (QED) is 0.641. The molecule has 1 aromatic rings. The van der Waals surface area contributed by atoms with Crippen molar-refractivity contribution in [3.8, 4) is 5.75 Å². The second-order valence-electron chi connectivity index (χ2n) is 3.42. The van der Waals surface area contributed by atoms with Crippen LogP contribution in [0.5, 0.6) is 5.75 Å². The van der Waals surface area contributed by atoms with Gasteiger partial charge in [-0.3, -0.25) is 0 Å². The Morgan fingerprint density at radius 1 is 1.42 bits per heavy atom. The second kappa shape index (κ2) is 7.43. The fourth-order valence-corrected chi connectivity index (χ4v) is 1.54. The fourth-order valence-electron chi connectivity index (χ4n) is 1.30. The average molecular weight is 285 g/mol. The smallest absolute Gasteiger partial charge is 0.344 e. The van der Waals surface area contributed by atoms with Gasteiger partial charge in [0.05, 0.1) is 11.6 Å². The minimum Gasteiger partial charge on any atom is -0.480 e. The van der Waals surface area contributed by atoms with Gasteiger partial charge in [-0.15, -0.1) is 0 Å². The van der Waals surface area contributed by atoms with Crippen LogP contribution in [-0.4, -0.2) is 30.3 Å². The molecule has 0 radical (unpaired) electrons. The largest absolute Gasteiger partial charge is 0.480 e. The molecule has 1 aromatic carbocycles. The lowest BCUT2D eigenvalue weighted by molar-refractivity contribution is -0.145. The van der Waals surface area contributed by atoms with Gasteiger partial charge in [0, 0.05) is 11.6 Å². The predicted molar refractivity (Wildman–Crippen MR) is 70.2 cm³/mol. The van der Waals surface area contributed by atoms with Crippen LogP contribution in [0.2, 0.25) is 5.02 Å². The van der Waals surface area contributed by atoms with E-state index in [9.17, 15) is 9.59 Å². The number of halogens is 1. The monoisotopic (exact) mass is 284 g/mol. The van der Waals surface area contributed by atoms with Crippen molar-refractivity contribution in [3.63, 3.8) is 0 Å². The maximum absolute atomic E-state index is 11.2. The zero-order valence-corrected chi connectivity index (χ0v) is 11.0. The molecule has 0 aliphatic heterocycles. The summed E-state index contributed by atoms with van der Waals surface area (Å²) in [7, 11) is 0. The van der Waals surface area contributed by atoms with E-state index in [0.29, 0.717) is 5.56 Å². The highest BCUT2D eigenvalue weighted by molar-refractivity contribution is 6.32. The molecule has 1 N–H and O–H groups in total. The lowest BCUT2D eigenvalue weighted by atomic mass is 10.2. The molecule has 0 aliphatic carbocycles. The molecule has 0 spiro atoms. The molecule has 102 valence electrons. The van der Waals surface area contributed by atoms with Crippen LogP contribution in [0.3, 0.4) is 0 Å². The van der Waals surface area contributed by atoms with Crippen molar-refractivity contribution in [2.45, 2.75) is 6.92 Å². The summed E-state index contributed by atoms with van der Waals surface area (Å²) in [4.78, 5) is 21.7. The first-order valence-corrected chi connectivity index (χ1v) is 5.90. The third kappa shape index (κ3) is 5.01. The van der Waals surface area contributed by atoms with Gasteiger partial charge in [0.25, 0.3) is 0 Å². The number of benzene rings is 1. The summed E-state index contributed by atoms with van der Waals surface area (Å²) in [5, 5.41) is 8.88. The number of ether oxygens (including phenoxy) is 2. The van der Waals surface area contributed by atoms with E-state index in [1.54, 1.807) is 25.1 Å². The van der Waals surface area contributed by atoms with Crippen molar-refractivity contribution in [2.24, 2.45) is 0 Å². The molecule has 0 amide bonds. The number of carboxylic acid groups (broad SMARTS) is 1. The number of carboxylic acids is 1. The second-order valence-corrected chi connectivity index (χ2v) is 3.83. The highest BCUT2D eigenvalue weighted by Gasteiger charge is 2.10. The third-order valence-corrected chi connectivity index (χ3v) is 2.34. The predicted octanol–water partition coefficient (Wildman–Crippen LogP) is 2.38. The summed E-state index contributed by atoms with van der Waals surface area (Å²) in [5.74, 6) is -1.36. The first-order chi connectivity index (χ1) is 9.04. The highest BCUT2D eigenvalue weighted by Crippen LogP contribution is 2.29. The minimum absolute atomic E-state index is 0.245. The molecule has 0 bridgehead atoms. The van der Waals surface area contributed by atoms with Crippen LogP contribution in [0.25, 0.3) is 6.08 Å². The molecule has 0 saturated carbocycles. The van der Waals surface area contributed by atoms with E-state index < -0.39 is 11.9 Å². The van der Waals surface area contributed by atoms with Crippen LogP contribution in [-0.2, 0) is 14.3 Å². The number of esters is 1. The number of carbonyl (C=O) groups is 2. The molecular formula is C13H13ClO5. The van der Waals surface area contributed by atoms with E-state index in [0.717, 1.165) is 6.08 Å². The lowest BCUT2D eigenvalue weighted by Crippen LogP contribution is -2.15. The number of carbonyl (C=O) groups excluding carboxylic acids is 1. The number of hydrogen-bond donors (Lipinski definition) is 1. The summed E-state index contributed by atoms with van der Waals surface area (Å²) < 4.78 is 9.99. The molecular weight excluding hydrogens is 272 g/mol. The SMILES string of the molecule is CCOC(=O)COc1c(Cl)cccc1/C=C/C(=O)O. The van der Waals surface area contributed by atoms with Gasteiger partial charge < -0.3 is 14.6 Å². The van der Waals surface area contributed by atoms with Crippen LogP contribution >= 0.6 is 11.6 Å². The minimum atomic E-state index is -1.09. The molecule has 5 nitrogen and oxygen atoms in total. The van der Waals surface area contributed by atoms with Crippen LogP contribution in [0.1, 0.15) is 12.5 Å². The van der Waals surface area contributed by atoms with Gasteiger partial charge in [-0.05, 0) is 19.1 Å². The summed E-state index contributed by atoms with van der Waals surface area (Å²) in [6.45, 7) is 1.66. The number of aliphatic carboxylic acids is 1. The number of rotatable bonds is 6. The zero-order chi connectivity index (χ0) is 14.3. The molecule has 19 heavy (non-hydrogen) atoms. The van der Waals surface area contributed by atoms with Gasteiger partial charge in [0.2, 0.25) is 0 Å². The van der Waals surface area contributed by atoms with Crippen LogP contribution in [0, 0.1) is 0 Å². The van der Waals surface area contributed by atoms with E-state index in [2.05, 4.69) is 0 Å². The summed E-state index contributed by atoms with van der Waals surface area (Å²) in [6.07, 6.45) is 2.30. The molecule has 6 heteroatoms. The molecule has 0 fully saturated rings. The molecule has 1 rings (SSSR count). The maximum Gasteiger partial charge on any atom is 0.344 e. The Labute approximate surface area is 115 Å². The van der Waals surface area contributed by atoms with Gasteiger partial charge in [0.15, 0.2) is 6.61 Å². The molecule has 0 aromatic heterocycles. The standard InChI is InChI=1S/C13H13ClO5/c1-2-18-12(17)8-19-13-9(6-7-11(15)16)4-3-5-10(13)14/h3-7H,2,8H2,1H3,(H,15,16)/b7-6+. The highest BCUT2D eigenvalue weighted by atomic mass is 35.5. The van der Waals surface area contributed by atoms with Gasteiger partial charge in [0.1, 0.15) is 5.75 Å². The third-order valence-electron chi connectivity index (χ3n) is 2.04. The molecule has 0 heterocycles. The zero-order valence-electron chi connectivity index (χ0n) is 10.3. The first-order valence-electron chi connectivity index (χ1n) is 5.52. The van der Waals surface area contributed by atoms with E-state index in [-0.39, 0.29) is 24.0 Å². The van der Waals surface area contributed by atoms with Crippen molar-refractivity contribution in [1.82, 2.24) is 0 Å². The topological polar surface area (TPSA) is 72.8 Å². The Balaban J connectivity index is 2.86. The molecule has 0 atom stereocenters. The van der Waals surface area contributed by atoms with Crippen molar-refractivity contribution in [1.29, 1.82) is 0 Å². The van der Waals surface area contributed by atoms with E-state index in [1.807, 2.05) is 0 Å². The van der Waals surface area contributed by atoms with Gasteiger partial charge >= 0.3 is 11.9 Å². The van der Waals surface area contributed by atoms with E-state index in [4.69, 9.17) is 26.2 Å². The number of para-hydroxylation sites is 1. The van der Waals surface area contributed by atoms with Crippen molar-refractivity contribution < 1.29 is 24.2 Å². The van der Waals surface area contributed by atoms with Gasteiger partial charge in [-0.2, -0.15) is 0 Å². The Bertz CT molecular complexity index is 496. The lowest BCUT2D eigenvalue weighted by Gasteiger charge is -2.10. The average Bonchev–Trinajstić information content (AvgIpc) is 2.35. The molecule has 0 unspecified atom stereocenters. The van der Waals surface area contributed by atoms with Crippen molar-refractivity contribution in [3.05, 3.63) is 34.9 Å². The van der Waals surface area contributed by atoms with Crippen molar-refractivity contribution >= 4 is 29.6 Å². The van der Waals surface area contributed by atoms with Gasteiger partial charge in [-0.1, -0.05) is 23.7 Å². The van der Waals surface area contributed by atoms with Crippen molar-refractivity contribution in [2.75, 3.05) is 13.2 Å². The first kappa shape index (κ1) is 15.0. The van der Waals surface area contributed by atoms with Crippen LogP contribution in [0.4, 0.5) is 0 Å². The summed E-state index contributed by atoms with van der Waals surface area (Å²) in [6, 6.07) is 4.87. The maximum atomic E-state index is 11.2. The van der Waals surface area contributed by atoms with E-state index >= 15 is 0 Å². The Morgan fingerprint density at radius 3 is 2.79 bits per heavy atom. The van der Waals surface area contributed by atoms with Crippen LogP contribution in [0.15, 0.2) is 24.3 Å². The van der Waals surface area contributed by atoms with Crippen LogP contribution < -0.4 is 4.74 Å². The van der Waals surface area contributed by atoms with Gasteiger partial charge in [-0.25, -0.2) is 9.59 Å². The Morgan fingerprint density at radius 2 is 2.16 bits per heavy atom. The normalized spacial score (nSPS) is 10.4.